The number of carbonyl (C=O) groups is 1. The van der Waals surface area contributed by atoms with Crippen molar-refractivity contribution >= 4 is 17.6 Å². The summed E-state index contributed by atoms with van der Waals surface area (Å²) >= 11 is 1.89. The van der Waals surface area contributed by atoms with Gasteiger partial charge >= 0.3 is 0 Å². The zero-order valence-electron chi connectivity index (χ0n) is 7.71. The summed E-state index contributed by atoms with van der Waals surface area (Å²) in [6.45, 7) is 0. The molecule has 0 bridgehead atoms. The standard InChI is InChI=1S/C11H14OS/c12-7-3-4-9-8-13-11-6-2-1-5-10(9)11/h7-8H,1-6H2. The van der Waals surface area contributed by atoms with Crippen LogP contribution in [0.1, 0.15) is 35.3 Å². The molecule has 1 nitrogen and oxygen atoms in total. The molecule has 0 unspecified atom stereocenters. The molecule has 2 rings (SSSR count). The lowest BCUT2D eigenvalue weighted by Gasteiger charge is -2.11. The van der Waals surface area contributed by atoms with Gasteiger partial charge in [-0.25, -0.2) is 0 Å². The summed E-state index contributed by atoms with van der Waals surface area (Å²) in [4.78, 5) is 11.8. The van der Waals surface area contributed by atoms with Gasteiger partial charge in [0.25, 0.3) is 0 Å². The van der Waals surface area contributed by atoms with Crippen LogP contribution >= 0.6 is 11.3 Å². The molecular weight excluding hydrogens is 180 g/mol. The van der Waals surface area contributed by atoms with E-state index in [1.165, 1.54) is 31.2 Å². The van der Waals surface area contributed by atoms with Gasteiger partial charge in [-0.1, -0.05) is 0 Å². The van der Waals surface area contributed by atoms with Crippen molar-refractivity contribution in [2.45, 2.75) is 38.5 Å². The predicted octanol–water partition coefficient (Wildman–Crippen LogP) is 2.76. The van der Waals surface area contributed by atoms with Crippen LogP contribution in [0.25, 0.3) is 0 Å². The van der Waals surface area contributed by atoms with E-state index in [-0.39, 0.29) is 0 Å². The van der Waals surface area contributed by atoms with Crippen molar-refractivity contribution < 1.29 is 4.79 Å². The van der Waals surface area contributed by atoms with E-state index in [2.05, 4.69) is 5.38 Å². The number of thiophene rings is 1. The zero-order valence-corrected chi connectivity index (χ0v) is 8.53. The Hall–Kier alpha value is -0.630. The Kier molecular flexibility index (Phi) is 2.79. The Morgan fingerprint density at radius 3 is 3.08 bits per heavy atom. The lowest BCUT2D eigenvalue weighted by atomic mass is 9.94. The van der Waals surface area contributed by atoms with Crippen molar-refractivity contribution in [1.29, 1.82) is 0 Å². The van der Waals surface area contributed by atoms with E-state index in [0.717, 1.165) is 12.7 Å². The first-order valence-corrected chi connectivity index (χ1v) is 5.81. The van der Waals surface area contributed by atoms with Gasteiger partial charge in [-0.15, -0.1) is 11.3 Å². The van der Waals surface area contributed by atoms with Gasteiger partial charge in [-0.2, -0.15) is 0 Å². The summed E-state index contributed by atoms with van der Waals surface area (Å²) in [5, 5.41) is 2.25. The van der Waals surface area contributed by atoms with Crippen molar-refractivity contribution in [3.63, 3.8) is 0 Å². The van der Waals surface area contributed by atoms with Crippen molar-refractivity contribution in [2.24, 2.45) is 0 Å². The number of hydrogen-bond acceptors (Lipinski definition) is 2. The summed E-state index contributed by atoms with van der Waals surface area (Å²) in [6.07, 6.45) is 7.85. The highest BCUT2D eigenvalue weighted by atomic mass is 32.1. The Morgan fingerprint density at radius 2 is 2.23 bits per heavy atom. The number of rotatable bonds is 3. The summed E-state index contributed by atoms with van der Waals surface area (Å²) in [6, 6.07) is 0. The molecule has 0 aliphatic heterocycles. The van der Waals surface area contributed by atoms with E-state index in [4.69, 9.17) is 0 Å². The quantitative estimate of drug-likeness (QED) is 0.676. The summed E-state index contributed by atoms with van der Waals surface area (Å²) in [5.74, 6) is 0. The summed E-state index contributed by atoms with van der Waals surface area (Å²) in [7, 11) is 0. The molecule has 1 aromatic rings. The lowest BCUT2D eigenvalue weighted by molar-refractivity contribution is -0.107. The minimum atomic E-state index is 0.684. The Morgan fingerprint density at radius 1 is 1.38 bits per heavy atom. The number of fused-ring (bicyclic) bond motifs is 1. The highest BCUT2D eigenvalue weighted by Crippen LogP contribution is 2.30. The highest BCUT2D eigenvalue weighted by molar-refractivity contribution is 7.10. The number of aldehydes is 1. The first-order chi connectivity index (χ1) is 6.42. The molecule has 13 heavy (non-hydrogen) atoms. The molecule has 1 aromatic heterocycles. The fourth-order valence-electron chi connectivity index (χ4n) is 1.98. The average Bonchev–Trinajstić information content (AvgIpc) is 2.58. The second-order valence-corrected chi connectivity index (χ2v) is 4.54. The molecule has 0 spiro atoms. The molecule has 70 valence electrons. The van der Waals surface area contributed by atoms with Crippen molar-refractivity contribution in [3.8, 4) is 0 Å². The molecular formula is C11H14OS. The summed E-state index contributed by atoms with van der Waals surface area (Å²) < 4.78 is 0. The van der Waals surface area contributed by atoms with E-state index >= 15 is 0 Å². The maximum atomic E-state index is 10.3. The second kappa shape index (κ2) is 4.05. The van der Waals surface area contributed by atoms with Gasteiger partial charge in [0.2, 0.25) is 0 Å². The molecule has 0 N–H and O–H groups in total. The van der Waals surface area contributed by atoms with Crippen LogP contribution in [0.4, 0.5) is 0 Å². The first kappa shape index (κ1) is 8.95. The van der Waals surface area contributed by atoms with Gasteiger partial charge in [0.05, 0.1) is 0 Å². The fourth-order valence-corrected chi connectivity index (χ4v) is 3.17. The number of hydrogen-bond donors (Lipinski definition) is 0. The van der Waals surface area contributed by atoms with Gasteiger partial charge < -0.3 is 4.79 Å². The Labute approximate surface area is 82.8 Å². The van der Waals surface area contributed by atoms with Gasteiger partial charge in [0.15, 0.2) is 0 Å². The average molecular weight is 194 g/mol. The second-order valence-electron chi connectivity index (χ2n) is 3.58. The van der Waals surface area contributed by atoms with E-state index < -0.39 is 0 Å². The third kappa shape index (κ3) is 1.83. The molecule has 0 radical (unpaired) electrons. The SMILES string of the molecule is O=CCCc1csc2c1CCCC2. The minimum Gasteiger partial charge on any atom is -0.303 e. The van der Waals surface area contributed by atoms with Gasteiger partial charge in [0.1, 0.15) is 6.29 Å². The van der Waals surface area contributed by atoms with Crippen LogP contribution in [-0.4, -0.2) is 6.29 Å². The zero-order chi connectivity index (χ0) is 9.10. The van der Waals surface area contributed by atoms with Gasteiger partial charge in [0, 0.05) is 11.3 Å². The number of carbonyl (C=O) groups excluding carboxylic acids is 1. The van der Waals surface area contributed by atoms with Crippen LogP contribution in [0, 0.1) is 0 Å². The van der Waals surface area contributed by atoms with Crippen LogP contribution in [0.2, 0.25) is 0 Å². The van der Waals surface area contributed by atoms with Crippen molar-refractivity contribution in [1.82, 2.24) is 0 Å². The predicted molar refractivity (Wildman–Crippen MR) is 55.3 cm³/mol. The minimum absolute atomic E-state index is 0.684. The largest absolute Gasteiger partial charge is 0.303 e. The lowest BCUT2D eigenvalue weighted by Crippen LogP contribution is -2.01. The Balaban J connectivity index is 2.16. The van der Waals surface area contributed by atoms with Gasteiger partial charge in [-0.3, -0.25) is 0 Å². The smallest absolute Gasteiger partial charge is 0.120 e. The molecule has 0 amide bonds. The maximum Gasteiger partial charge on any atom is 0.120 e. The van der Waals surface area contributed by atoms with Crippen LogP contribution in [0.3, 0.4) is 0 Å². The van der Waals surface area contributed by atoms with E-state index in [0.29, 0.717) is 6.42 Å². The van der Waals surface area contributed by atoms with E-state index in [9.17, 15) is 4.79 Å². The Bertz CT molecular complexity index is 301. The third-order valence-corrected chi connectivity index (χ3v) is 3.82. The normalized spacial score (nSPS) is 15.4. The molecule has 0 atom stereocenters. The molecule has 0 saturated heterocycles. The maximum absolute atomic E-state index is 10.3. The summed E-state index contributed by atoms with van der Waals surface area (Å²) in [5.41, 5.74) is 3.00. The third-order valence-electron chi connectivity index (χ3n) is 2.68. The molecule has 2 heteroatoms. The number of aryl methyl sites for hydroxylation is 2. The van der Waals surface area contributed by atoms with Crippen LogP contribution in [-0.2, 0) is 24.1 Å². The highest BCUT2D eigenvalue weighted by Gasteiger charge is 2.14. The monoisotopic (exact) mass is 194 g/mol. The molecule has 1 aliphatic carbocycles. The molecule has 1 heterocycles. The van der Waals surface area contributed by atoms with Crippen molar-refractivity contribution in [3.05, 3.63) is 21.4 Å². The fraction of sp³-hybridized carbons (Fsp3) is 0.545. The molecule has 0 aromatic carbocycles. The molecule has 0 fully saturated rings. The van der Waals surface area contributed by atoms with E-state index in [1.54, 1.807) is 10.4 Å². The van der Waals surface area contributed by atoms with Crippen molar-refractivity contribution in [2.75, 3.05) is 0 Å². The molecule has 0 saturated carbocycles. The molecule has 1 aliphatic rings. The van der Waals surface area contributed by atoms with E-state index in [1.807, 2.05) is 11.3 Å². The van der Waals surface area contributed by atoms with Crippen LogP contribution in [0.15, 0.2) is 5.38 Å². The van der Waals surface area contributed by atoms with Crippen LogP contribution < -0.4 is 0 Å². The van der Waals surface area contributed by atoms with Gasteiger partial charge in [-0.05, 0) is 48.6 Å². The topological polar surface area (TPSA) is 17.1 Å². The van der Waals surface area contributed by atoms with Crippen LogP contribution in [0.5, 0.6) is 0 Å². The first-order valence-electron chi connectivity index (χ1n) is 4.93.